The first-order chi connectivity index (χ1) is 30.0. The van der Waals surface area contributed by atoms with Gasteiger partial charge in [0.1, 0.15) is 22.3 Å². The Morgan fingerprint density at radius 1 is 0.415 bits per heavy atom. The van der Waals surface area contributed by atoms with Gasteiger partial charge in [0.25, 0.3) is 0 Å². The van der Waals surface area contributed by atoms with E-state index in [2.05, 4.69) is 60.7 Å². The molecule has 0 unspecified atom stereocenters. The molecule has 11 rings (SSSR count). The van der Waals surface area contributed by atoms with Gasteiger partial charge in [-0.3, -0.25) is 0 Å². The minimum atomic E-state index is -0.549. The number of nitrogens with zero attached hydrogens (tertiary/aromatic N) is 1. The first-order valence-electron chi connectivity index (χ1n) is 21.8. The molecule has 3 heteroatoms. The molecule has 0 saturated heterocycles. The normalized spacial score (nSPS) is 14.2. The smallest absolute Gasteiger partial charge is 0.143 e. The van der Waals surface area contributed by atoms with Crippen molar-refractivity contribution in [3.8, 4) is 22.3 Å². The van der Waals surface area contributed by atoms with E-state index in [4.69, 9.17) is 17.1 Å². The van der Waals surface area contributed by atoms with E-state index in [9.17, 15) is 4.11 Å². The summed E-state index contributed by atoms with van der Waals surface area (Å²) in [7, 11) is 0. The van der Waals surface area contributed by atoms with Crippen molar-refractivity contribution in [1.82, 2.24) is 0 Å². The molecule has 2 heterocycles. The summed E-state index contributed by atoms with van der Waals surface area (Å²) in [5, 5.41) is 3.62. The molecule has 0 N–H and O–H groups in total. The molecule has 11 aromatic rings. The van der Waals surface area contributed by atoms with E-state index in [0.717, 1.165) is 33.0 Å². The summed E-state index contributed by atoms with van der Waals surface area (Å²) in [6, 6.07) is 40.1. The van der Waals surface area contributed by atoms with Crippen LogP contribution in [-0.4, -0.2) is 0 Å². The number of furan rings is 2. The van der Waals surface area contributed by atoms with Crippen LogP contribution in [-0.2, 0) is 0 Å². The van der Waals surface area contributed by atoms with Gasteiger partial charge in [-0.25, -0.2) is 0 Å². The fourth-order valence-electron chi connectivity index (χ4n) is 7.40. The zero-order valence-electron chi connectivity index (χ0n) is 37.0. The second kappa shape index (κ2) is 11.7. The SMILES string of the molecule is [2H]c1c([2H])c([2H])c2c(c1[2H])c([2H])c([2H])c1c2oc2c([2H])c(N(c3ccccc3)c3ccc4oc5cccc(-c6ccc(-c7ccc8ccccc8c7)cc6)c5c4c3)c([2H])c([2H])c21. The van der Waals surface area contributed by atoms with Gasteiger partial charge in [0.2, 0.25) is 0 Å². The highest BCUT2D eigenvalue weighted by molar-refractivity contribution is 6.16. The highest BCUT2D eigenvalue weighted by Gasteiger charge is 2.19. The van der Waals surface area contributed by atoms with Crippen molar-refractivity contribution in [3.63, 3.8) is 0 Å². The van der Waals surface area contributed by atoms with Crippen LogP contribution in [0.1, 0.15) is 12.3 Å². The molecule has 0 aliphatic rings. The van der Waals surface area contributed by atoms with Gasteiger partial charge in [0, 0.05) is 50.0 Å². The van der Waals surface area contributed by atoms with Crippen LogP contribution in [0.2, 0.25) is 0 Å². The first kappa shape index (κ1) is 22.0. The third-order valence-electron chi connectivity index (χ3n) is 9.93. The van der Waals surface area contributed by atoms with Gasteiger partial charge in [-0.2, -0.15) is 0 Å². The largest absolute Gasteiger partial charge is 0.456 e. The zero-order chi connectivity index (χ0) is 42.7. The molecule has 0 amide bonds. The van der Waals surface area contributed by atoms with E-state index in [1.165, 1.54) is 10.8 Å². The topological polar surface area (TPSA) is 29.5 Å². The van der Waals surface area contributed by atoms with Crippen molar-refractivity contribution < 1.29 is 21.2 Å². The third-order valence-corrected chi connectivity index (χ3v) is 9.93. The number of rotatable bonds is 5. The maximum Gasteiger partial charge on any atom is 0.143 e. The Labute approximate surface area is 318 Å². The molecule has 0 bridgehead atoms. The van der Waals surface area contributed by atoms with Gasteiger partial charge in [0.05, 0.1) is 12.3 Å². The van der Waals surface area contributed by atoms with Crippen LogP contribution < -0.4 is 4.90 Å². The summed E-state index contributed by atoms with van der Waals surface area (Å²) in [5.41, 5.74) is 6.38. The second-order valence-corrected chi connectivity index (χ2v) is 13.0. The number of para-hydroxylation sites is 1. The molecule has 0 saturated carbocycles. The van der Waals surface area contributed by atoms with Gasteiger partial charge in [-0.15, -0.1) is 0 Å². The lowest BCUT2D eigenvalue weighted by atomic mass is 9.96. The number of hydrogen-bond acceptors (Lipinski definition) is 3. The minimum Gasteiger partial charge on any atom is -0.456 e. The van der Waals surface area contributed by atoms with E-state index < -0.39 is 36.3 Å². The maximum atomic E-state index is 9.66. The highest BCUT2D eigenvalue weighted by Crippen LogP contribution is 2.43. The van der Waals surface area contributed by atoms with E-state index in [1.54, 1.807) is 4.90 Å². The molecular weight excluding hydrogens is 647 g/mol. The zero-order valence-corrected chi connectivity index (χ0v) is 28.0. The Bertz CT molecular complexity index is 3690. The average Bonchev–Trinajstić information content (AvgIpc) is 3.89. The van der Waals surface area contributed by atoms with Crippen LogP contribution in [0.15, 0.2) is 197 Å². The number of anilines is 3. The summed E-state index contributed by atoms with van der Waals surface area (Å²) in [4.78, 5) is 1.72. The monoisotopic (exact) mass is 686 g/mol. The molecule has 3 nitrogen and oxygen atoms in total. The quantitative estimate of drug-likeness (QED) is 0.180. The van der Waals surface area contributed by atoms with E-state index in [1.807, 2.05) is 72.8 Å². The van der Waals surface area contributed by atoms with E-state index in [0.29, 0.717) is 22.5 Å². The standard InChI is InChI=1S/C50H31NO2/c1-2-12-38(13-3-1)51(40-24-27-43-44-26-23-34-10-6-7-14-42(34)50(44)53-48(43)31-40)39-25-28-46-45(30-39)49-41(15-8-16-47(49)52-46)35-20-17-33(18-21-35)37-22-19-32-9-4-5-11-36(32)29-37/h1-31H/i6D,7D,10D,14D,23D,24D,26D,27D,31D. The van der Waals surface area contributed by atoms with Crippen LogP contribution in [0.4, 0.5) is 17.1 Å². The number of hydrogen-bond donors (Lipinski definition) is 0. The van der Waals surface area contributed by atoms with Crippen LogP contribution in [0.25, 0.3) is 87.7 Å². The molecular formula is C50H31NO2. The lowest BCUT2D eigenvalue weighted by Gasteiger charge is -2.25. The molecule has 0 aliphatic carbocycles. The molecule has 0 atom stereocenters. The molecule has 0 spiro atoms. The average molecular weight is 687 g/mol. The Kier molecular flexibility index (Phi) is 4.86. The van der Waals surface area contributed by atoms with Crippen molar-refractivity contribution in [2.24, 2.45) is 0 Å². The van der Waals surface area contributed by atoms with Crippen LogP contribution in [0.3, 0.4) is 0 Å². The van der Waals surface area contributed by atoms with Crippen LogP contribution in [0, 0.1) is 0 Å². The summed E-state index contributed by atoms with van der Waals surface area (Å²) >= 11 is 0. The Morgan fingerprint density at radius 2 is 1.21 bits per heavy atom. The molecule has 0 radical (unpaired) electrons. The van der Waals surface area contributed by atoms with E-state index in [-0.39, 0.29) is 56.5 Å². The number of benzene rings is 9. The van der Waals surface area contributed by atoms with Crippen molar-refractivity contribution in [2.45, 2.75) is 0 Å². The fraction of sp³-hybridized carbons (Fsp3) is 0. The molecule has 9 aromatic carbocycles. The van der Waals surface area contributed by atoms with Crippen LogP contribution >= 0.6 is 0 Å². The predicted molar refractivity (Wildman–Crippen MR) is 222 cm³/mol. The molecule has 53 heavy (non-hydrogen) atoms. The van der Waals surface area contributed by atoms with Gasteiger partial charge >= 0.3 is 0 Å². The maximum absolute atomic E-state index is 9.66. The summed E-state index contributed by atoms with van der Waals surface area (Å²) in [6.45, 7) is 0. The lowest BCUT2D eigenvalue weighted by molar-refractivity contribution is 0.669. The Morgan fingerprint density at radius 3 is 2.11 bits per heavy atom. The summed E-state index contributed by atoms with van der Waals surface area (Å²) in [5.74, 6) is 0. The van der Waals surface area contributed by atoms with Crippen molar-refractivity contribution in [2.75, 3.05) is 4.90 Å². The third kappa shape index (κ3) is 4.82. The Hall–Kier alpha value is -7.10. The van der Waals surface area contributed by atoms with Gasteiger partial charge in [0.15, 0.2) is 0 Å². The first-order valence-corrected chi connectivity index (χ1v) is 17.3. The summed E-state index contributed by atoms with van der Waals surface area (Å²) in [6.07, 6.45) is 0. The lowest BCUT2D eigenvalue weighted by Crippen LogP contribution is -2.09. The minimum absolute atomic E-state index is 0.0215. The number of fused-ring (bicyclic) bond motifs is 9. The van der Waals surface area contributed by atoms with Crippen LogP contribution in [0.5, 0.6) is 0 Å². The molecule has 0 fully saturated rings. The summed E-state index contributed by atoms with van der Waals surface area (Å²) < 4.78 is 92.9. The molecule has 0 aliphatic heterocycles. The van der Waals surface area contributed by atoms with Crippen molar-refractivity contribution in [3.05, 3.63) is 188 Å². The van der Waals surface area contributed by atoms with E-state index >= 15 is 0 Å². The molecule has 2 aromatic heterocycles. The van der Waals surface area contributed by atoms with Gasteiger partial charge in [-0.1, -0.05) is 121 Å². The highest BCUT2D eigenvalue weighted by atomic mass is 16.3. The van der Waals surface area contributed by atoms with Crippen molar-refractivity contribution in [1.29, 1.82) is 0 Å². The predicted octanol–water partition coefficient (Wildman–Crippen LogP) is 14.6. The Balaban J connectivity index is 1.11. The molecule has 248 valence electrons. The van der Waals surface area contributed by atoms with Crippen molar-refractivity contribution >= 4 is 82.5 Å². The van der Waals surface area contributed by atoms with Gasteiger partial charge < -0.3 is 13.7 Å². The fourth-order valence-corrected chi connectivity index (χ4v) is 7.40. The van der Waals surface area contributed by atoms with Gasteiger partial charge in [-0.05, 0) is 99.0 Å². The second-order valence-electron chi connectivity index (χ2n) is 13.0.